The van der Waals surface area contributed by atoms with E-state index in [4.69, 9.17) is 16.6 Å². The molecule has 0 aliphatic rings. The highest BCUT2D eigenvalue weighted by Gasteiger charge is 2.22. The van der Waals surface area contributed by atoms with Crippen molar-refractivity contribution in [3.8, 4) is 33.8 Å². The van der Waals surface area contributed by atoms with E-state index in [2.05, 4.69) is 72.0 Å². The van der Waals surface area contributed by atoms with Gasteiger partial charge in [0.15, 0.2) is 4.96 Å². The van der Waals surface area contributed by atoms with Gasteiger partial charge in [-0.15, -0.1) is 11.3 Å². The molecule has 4 heteroatoms. The van der Waals surface area contributed by atoms with E-state index in [0.717, 1.165) is 38.1 Å². The second kappa shape index (κ2) is 6.93. The molecule has 2 aromatic heterocycles. The Morgan fingerprint density at radius 2 is 1.29 bits per heavy atom. The largest absolute Gasteiger partial charge is 0.282 e. The van der Waals surface area contributed by atoms with Gasteiger partial charge in [0.05, 0.1) is 17.1 Å². The molecule has 0 atom stereocenters. The first kappa shape index (κ1) is 17.2. The fraction of sp³-hybridized carbons (Fsp3) is 0.0417. The number of fused-ring (bicyclic) bond motifs is 1. The van der Waals surface area contributed by atoms with Gasteiger partial charge in [-0.2, -0.15) is 0 Å². The quantitative estimate of drug-likeness (QED) is 0.309. The van der Waals surface area contributed by atoms with Crippen LogP contribution >= 0.6 is 22.9 Å². The van der Waals surface area contributed by atoms with E-state index in [9.17, 15) is 0 Å². The van der Waals surface area contributed by atoms with Crippen molar-refractivity contribution in [2.45, 2.75) is 6.92 Å². The van der Waals surface area contributed by atoms with Gasteiger partial charge in [-0.3, -0.25) is 4.40 Å². The molecule has 5 aromatic rings. The highest BCUT2D eigenvalue weighted by Crippen LogP contribution is 2.40. The molecule has 0 spiro atoms. The lowest BCUT2D eigenvalue weighted by molar-refractivity contribution is 1.22. The van der Waals surface area contributed by atoms with Gasteiger partial charge < -0.3 is 0 Å². The van der Waals surface area contributed by atoms with Crippen LogP contribution in [0.25, 0.3) is 38.7 Å². The zero-order valence-electron chi connectivity index (χ0n) is 15.3. The van der Waals surface area contributed by atoms with Crippen molar-refractivity contribution in [3.05, 3.63) is 94.8 Å². The van der Waals surface area contributed by atoms with E-state index in [-0.39, 0.29) is 0 Å². The number of hydrogen-bond acceptors (Lipinski definition) is 2. The van der Waals surface area contributed by atoms with Crippen LogP contribution < -0.4 is 0 Å². The summed E-state index contributed by atoms with van der Waals surface area (Å²) in [6, 6.07) is 28.9. The van der Waals surface area contributed by atoms with Crippen molar-refractivity contribution in [2.24, 2.45) is 0 Å². The smallest absolute Gasteiger partial charge is 0.195 e. The second-order valence-corrected chi connectivity index (χ2v) is 8.29. The maximum atomic E-state index is 6.13. The predicted octanol–water partition coefficient (Wildman–Crippen LogP) is 7.36. The van der Waals surface area contributed by atoms with Gasteiger partial charge in [0, 0.05) is 21.0 Å². The molecule has 0 unspecified atom stereocenters. The fourth-order valence-electron chi connectivity index (χ4n) is 3.62. The lowest BCUT2D eigenvalue weighted by atomic mass is 10.0. The number of benzene rings is 3. The Morgan fingerprint density at radius 3 is 1.93 bits per heavy atom. The van der Waals surface area contributed by atoms with E-state index in [0.29, 0.717) is 0 Å². The topological polar surface area (TPSA) is 17.3 Å². The van der Waals surface area contributed by atoms with Crippen molar-refractivity contribution in [2.75, 3.05) is 0 Å². The SMILES string of the molecule is Cc1sc2nc(-c3ccccc3)c(-c3ccccc3)n2c1-c1ccc(Cl)cc1. The van der Waals surface area contributed by atoms with Gasteiger partial charge >= 0.3 is 0 Å². The summed E-state index contributed by atoms with van der Waals surface area (Å²) in [5.41, 5.74) is 6.72. The second-order valence-electron chi connectivity index (χ2n) is 6.67. The summed E-state index contributed by atoms with van der Waals surface area (Å²) in [6.07, 6.45) is 0. The minimum atomic E-state index is 0.742. The molecule has 5 rings (SSSR count). The first-order valence-electron chi connectivity index (χ1n) is 9.11. The monoisotopic (exact) mass is 400 g/mol. The number of imidazole rings is 1. The molecule has 0 amide bonds. The number of aromatic nitrogens is 2. The minimum Gasteiger partial charge on any atom is -0.282 e. The Balaban J connectivity index is 1.87. The highest BCUT2D eigenvalue weighted by atomic mass is 35.5. The van der Waals surface area contributed by atoms with E-state index in [1.807, 2.05) is 24.3 Å². The molecule has 136 valence electrons. The van der Waals surface area contributed by atoms with Crippen LogP contribution in [0.2, 0.25) is 5.02 Å². The molecule has 2 heterocycles. The Labute approximate surface area is 172 Å². The number of aryl methyl sites for hydroxylation is 1. The molecule has 0 radical (unpaired) electrons. The predicted molar refractivity (Wildman–Crippen MR) is 119 cm³/mol. The first-order chi connectivity index (χ1) is 13.7. The fourth-order valence-corrected chi connectivity index (χ4v) is 4.73. The average molecular weight is 401 g/mol. The van der Waals surface area contributed by atoms with Crippen molar-refractivity contribution < 1.29 is 0 Å². The van der Waals surface area contributed by atoms with Crippen molar-refractivity contribution in [1.29, 1.82) is 0 Å². The maximum absolute atomic E-state index is 6.13. The Bertz CT molecular complexity index is 1250. The standard InChI is InChI=1S/C24H17ClN2S/c1-16-22(19-12-14-20(25)15-13-19)27-23(18-10-6-3-7-11-18)21(26-24(27)28-16)17-8-4-2-5-9-17/h2-15H,1H3. The van der Waals surface area contributed by atoms with Gasteiger partial charge in [0.1, 0.15) is 0 Å². The van der Waals surface area contributed by atoms with Crippen LogP contribution in [-0.4, -0.2) is 9.38 Å². The summed E-state index contributed by atoms with van der Waals surface area (Å²) in [4.78, 5) is 7.28. The summed E-state index contributed by atoms with van der Waals surface area (Å²) < 4.78 is 2.29. The van der Waals surface area contributed by atoms with Gasteiger partial charge in [-0.1, -0.05) is 84.4 Å². The first-order valence-corrected chi connectivity index (χ1v) is 10.3. The van der Waals surface area contributed by atoms with Gasteiger partial charge in [-0.25, -0.2) is 4.98 Å². The third-order valence-corrected chi connectivity index (χ3v) is 6.07. The zero-order chi connectivity index (χ0) is 19.1. The van der Waals surface area contributed by atoms with Crippen LogP contribution in [0.15, 0.2) is 84.9 Å². The van der Waals surface area contributed by atoms with E-state index < -0.39 is 0 Å². The molecular formula is C24H17ClN2S. The van der Waals surface area contributed by atoms with Gasteiger partial charge in [0.2, 0.25) is 0 Å². The number of thiazole rings is 1. The summed E-state index contributed by atoms with van der Waals surface area (Å²) in [5, 5.41) is 0.742. The van der Waals surface area contributed by atoms with Crippen LogP contribution in [0, 0.1) is 6.92 Å². The third-order valence-electron chi connectivity index (χ3n) is 4.86. The number of rotatable bonds is 3. The van der Waals surface area contributed by atoms with Crippen molar-refractivity contribution in [3.63, 3.8) is 0 Å². The van der Waals surface area contributed by atoms with Gasteiger partial charge in [-0.05, 0) is 24.6 Å². The summed E-state index contributed by atoms with van der Waals surface area (Å²) in [6.45, 7) is 2.15. The normalized spacial score (nSPS) is 11.2. The minimum absolute atomic E-state index is 0.742. The van der Waals surface area contributed by atoms with Crippen LogP contribution in [0.4, 0.5) is 0 Å². The van der Waals surface area contributed by atoms with Crippen LogP contribution in [0.5, 0.6) is 0 Å². The van der Waals surface area contributed by atoms with Gasteiger partial charge in [0.25, 0.3) is 0 Å². The van der Waals surface area contributed by atoms with Crippen LogP contribution in [0.1, 0.15) is 4.88 Å². The lowest BCUT2D eigenvalue weighted by Crippen LogP contribution is -1.93. The van der Waals surface area contributed by atoms with Crippen LogP contribution in [0.3, 0.4) is 0 Å². The molecule has 2 nitrogen and oxygen atoms in total. The molecule has 0 aliphatic carbocycles. The zero-order valence-corrected chi connectivity index (χ0v) is 16.8. The number of nitrogens with zero attached hydrogens (tertiary/aromatic N) is 2. The summed E-state index contributed by atoms with van der Waals surface area (Å²) in [7, 11) is 0. The van der Waals surface area contributed by atoms with E-state index >= 15 is 0 Å². The Morgan fingerprint density at radius 1 is 0.714 bits per heavy atom. The molecule has 0 fully saturated rings. The highest BCUT2D eigenvalue weighted by molar-refractivity contribution is 7.17. The molecule has 0 saturated heterocycles. The molecule has 3 aromatic carbocycles. The van der Waals surface area contributed by atoms with E-state index in [1.54, 1.807) is 11.3 Å². The molecule has 0 N–H and O–H groups in total. The van der Waals surface area contributed by atoms with E-state index in [1.165, 1.54) is 10.6 Å². The van der Waals surface area contributed by atoms with Crippen molar-refractivity contribution in [1.82, 2.24) is 9.38 Å². The maximum Gasteiger partial charge on any atom is 0.195 e. The summed E-state index contributed by atoms with van der Waals surface area (Å²) in [5.74, 6) is 0. The number of halogens is 1. The molecule has 0 saturated carbocycles. The van der Waals surface area contributed by atoms with Crippen molar-refractivity contribution >= 4 is 27.9 Å². The third kappa shape index (κ3) is 2.84. The molecule has 0 aliphatic heterocycles. The number of hydrogen-bond donors (Lipinski definition) is 0. The summed E-state index contributed by atoms with van der Waals surface area (Å²) >= 11 is 7.85. The Kier molecular flexibility index (Phi) is 4.27. The lowest BCUT2D eigenvalue weighted by Gasteiger charge is -2.09. The molecular weight excluding hydrogens is 384 g/mol. The molecule has 0 bridgehead atoms. The molecule has 28 heavy (non-hydrogen) atoms. The average Bonchev–Trinajstić information content (AvgIpc) is 3.24. The van der Waals surface area contributed by atoms with Crippen LogP contribution in [-0.2, 0) is 0 Å². The Hall–Kier alpha value is -2.88.